The standard InChI is InChI=1S/C22H28FN5O6S/c1-2-3-4-9-35(33,34)10-8-18(12-21(30)31)25-22(32)19-14-28(27-26-19)15-20(29)24-13-16-6-5-7-17(23)11-16/h5-8,10-11,14,18H,2-4,9,12-13,15H2,1H3,(H,24,29)(H,25,32)(H,30,31)/b10-8+/t18-/m1/s1. The number of aliphatic carboxylic acids is 1. The lowest BCUT2D eigenvalue weighted by Gasteiger charge is -2.11. The van der Waals surface area contributed by atoms with Crippen molar-refractivity contribution in [3.05, 3.63) is 59.0 Å². The van der Waals surface area contributed by atoms with Crippen molar-refractivity contribution < 1.29 is 32.3 Å². The van der Waals surface area contributed by atoms with Gasteiger partial charge in [0, 0.05) is 12.0 Å². The van der Waals surface area contributed by atoms with Crippen LogP contribution in [-0.4, -0.2) is 58.1 Å². The highest BCUT2D eigenvalue weighted by Gasteiger charge is 2.19. The van der Waals surface area contributed by atoms with Gasteiger partial charge in [0.05, 0.1) is 24.4 Å². The average molecular weight is 510 g/mol. The summed E-state index contributed by atoms with van der Waals surface area (Å²) in [6.45, 7) is 1.78. The van der Waals surface area contributed by atoms with Gasteiger partial charge in [-0.1, -0.05) is 43.2 Å². The van der Waals surface area contributed by atoms with Gasteiger partial charge in [0.15, 0.2) is 15.5 Å². The Kier molecular flexibility index (Phi) is 10.5. The van der Waals surface area contributed by atoms with Crippen LogP contribution in [0.2, 0.25) is 0 Å². The van der Waals surface area contributed by atoms with E-state index in [1.165, 1.54) is 24.4 Å². The number of aromatic nitrogens is 3. The Morgan fingerprint density at radius 3 is 2.71 bits per heavy atom. The van der Waals surface area contributed by atoms with Crippen molar-refractivity contribution in [2.75, 3.05) is 5.75 Å². The van der Waals surface area contributed by atoms with Gasteiger partial charge in [0.2, 0.25) is 5.91 Å². The first-order chi connectivity index (χ1) is 16.6. The van der Waals surface area contributed by atoms with Gasteiger partial charge in [-0.2, -0.15) is 0 Å². The quantitative estimate of drug-likeness (QED) is 0.322. The second-order valence-corrected chi connectivity index (χ2v) is 9.79. The molecular weight excluding hydrogens is 481 g/mol. The molecular formula is C22H28FN5O6S. The number of hydrogen-bond donors (Lipinski definition) is 3. The first-order valence-corrected chi connectivity index (χ1v) is 12.6. The van der Waals surface area contributed by atoms with Crippen LogP contribution in [0.3, 0.4) is 0 Å². The van der Waals surface area contributed by atoms with Crippen molar-refractivity contribution in [3.63, 3.8) is 0 Å². The Labute approximate surface area is 202 Å². The van der Waals surface area contributed by atoms with E-state index < -0.39 is 45.9 Å². The van der Waals surface area contributed by atoms with Gasteiger partial charge in [-0.15, -0.1) is 5.10 Å². The third-order valence-electron chi connectivity index (χ3n) is 4.72. The van der Waals surface area contributed by atoms with Gasteiger partial charge in [0.25, 0.3) is 5.91 Å². The van der Waals surface area contributed by atoms with Gasteiger partial charge >= 0.3 is 5.97 Å². The van der Waals surface area contributed by atoms with Crippen LogP contribution in [-0.2, 0) is 32.5 Å². The van der Waals surface area contributed by atoms with Crippen LogP contribution in [0, 0.1) is 5.82 Å². The largest absolute Gasteiger partial charge is 0.481 e. The molecule has 2 rings (SSSR count). The summed E-state index contributed by atoms with van der Waals surface area (Å²) in [6, 6.07) is 4.65. The molecule has 35 heavy (non-hydrogen) atoms. The Balaban J connectivity index is 1.94. The van der Waals surface area contributed by atoms with E-state index in [4.69, 9.17) is 5.11 Å². The number of unbranched alkanes of at least 4 members (excludes halogenated alkanes) is 2. The van der Waals surface area contributed by atoms with E-state index in [1.807, 2.05) is 6.92 Å². The maximum Gasteiger partial charge on any atom is 0.305 e. The smallest absolute Gasteiger partial charge is 0.305 e. The van der Waals surface area contributed by atoms with Crippen molar-refractivity contribution in [1.82, 2.24) is 25.6 Å². The predicted molar refractivity (Wildman–Crippen MR) is 124 cm³/mol. The number of amides is 2. The van der Waals surface area contributed by atoms with Gasteiger partial charge < -0.3 is 15.7 Å². The normalized spacial score (nSPS) is 12.4. The topological polar surface area (TPSA) is 160 Å². The number of nitrogens with one attached hydrogen (secondary N) is 2. The number of benzene rings is 1. The third kappa shape index (κ3) is 10.5. The first-order valence-electron chi connectivity index (χ1n) is 10.9. The molecule has 0 saturated carbocycles. The van der Waals surface area contributed by atoms with Crippen LogP contribution in [0.25, 0.3) is 0 Å². The van der Waals surface area contributed by atoms with Crippen LogP contribution < -0.4 is 10.6 Å². The maximum atomic E-state index is 13.2. The van der Waals surface area contributed by atoms with Gasteiger partial charge in [-0.3, -0.25) is 14.4 Å². The number of rotatable bonds is 14. The van der Waals surface area contributed by atoms with E-state index >= 15 is 0 Å². The summed E-state index contributed by atoms with van der Waals surface area (Å²) >= 11 is 0. The fourth-order valence-corrected chi connectivity index (χ4v) is 4.14. The summed E-state index contributed by atoms with van der Waals surface area (Å²) in [5.74, 6) is -2.96. The number of carboxylic acids is 1. The van der Waals surface area contributed by atoms with Gasteiger partial charge in [-0.05, 0) is 24.1 Å². The van der Waals surface area contributed by atoms with E-state index in [2.05, 4.69) is 20.9 Å². The molecule has 2 amide bonds. The molecule has 11 nitrogen and oxygen atoms in total. The van der Waals surface area contributed by atoms with Gasteiger partial charge in [0.1, 0.15) is 12.4 Å². The molecule has 2 aromatic rings. The van der Waals surface area contributed by atoms with E-state index in [9.17, 15) is 27.2 Å². The van der Waals surface area contributed by atoms with Crippen LogP contribution in [0.5, 0.6) is 0 Å². The summed E-state index contributed by atoms with van der Waals surface area (Å²) in [7, 11) is -3.54. The Morgan fingerprint density at radius 1 is 1.26 bits per heavy atom. The zero-order chi connectivity index (χ0) is 25.8. The number of sulfone groups is 1. The molecule has 13 heteroatoms. The lowest BCUT2D eigenvalue weighted by molar-refractivity contribution is -0.137. The molecule has 1 aromatic heterocycles. The molecule has 0 fully saturated rings. The number of halogens is 1. The molecule has 0 spiro atoms. The predicted octanol–water partition coefficient (Wildman–Crippen LogP) is 1.43. The van der Waals surface area contributed by atoms with E-state index in [1.54, 1.807) is 6.07 Å². The highest BCUT2D eigenvalue weighted by molar-refractivity contribution is 7.94. The summed E-state index contributed by atoms with van der Waals surface area (Å²) in [5.41, 5.74) is 0.388. The minimum atomic E-state index is -3.54. The molecule has 0 saturated heterocycles. The summed E-state index contributed by atoms with van der Waals surface area (Å²) in [4.78, 5) is 35.7. The molecule has 0 radical (unpaired) electrons. The zero-order valence-corrected chi connectivity index (χ0v) is 20.0. The Bertz CT molecular complexity index is 1160. The summed E-state index contributed by atoms with van der Waals surface area (Å²) in [6.07, 6.45) is 3.87. The molecule has 0 unspecified atom stereocenters. The van der Waals surface area contributed by atoms with Crippen molar-refractivity contribution in [3.8, 4) is 0 Å². The minimum Gasteiger partial charge on any atom is -0.481 e. The molecule has 1 atom stereocenters. The SMILES string of the molecule is CCCCCS(=O)(=O)/C=C/[C@H](CC(=O)O)NC(=O)c1cn(CC(=O)NCc2cccc(F)c2)nn1. The lowest BCUT2D eigenvalue weighted by Crippen LogP contribution is -2.35. The van der Waals surface area contributed by atoms with Crippen LogP contribution in [0.1, 0.15) is 48.7 Å². The highest BCUT2D eigenvalue weighted by Crippen LogP contribution is 2.06. The summed E-state index contributed by atoms with van der Waals surface area (Å²) in [5, 5.41) is 22.4. The van der Waals surface area contributed by atoms with Crippen LogP contribution in [0.15, 0.2) is 41.9 Å². The second kappa shape index (κ2) is 13.3. The van der Waals surface area contributed by atoms with Crippen LogP contribution >= 0.6 is 0 Å². The van der Waals surface area contributed by atoms with Crippen molar-refractivity contribution >= 4 is 27.6 Å². The number of hydrogen-bond acceptors (Lipinski definition) is 7. The fraction of sp³-hybridized carbons (Fsp3) is 0.409. The number of carbonyl (C=O) groups excluding carboxylic acids is 2. The Morgan fingerprint density at radius 2 is 2.03 bits per heavy atom. The first kappa shape index (κ1) is 27.6. The van der Waals surface area contributed by atoms with E-state index in [0.29, 0.717) is 12.0 Å². The van der Waals surface area contributed by atoms with E-state index in [-0.39, 0.29) is 24.5 Å². The summed E-state index contributed by atoms with van der Waals surface area (Å²) < 4.78 is 38.5. The molecule has 0 aliphatic rings. The molecule has 0 aliphatic carbocycles. The lowest BCUT2D eigenvalue weighted by atomic mass is 10.2. The number of carbonyl (C=O) groups is 3. The third-order valence-corrected chi connectivity index (χ3v) is 6.15. The molecule has 1 heterocycles. The van der Waals surface area contributed by atoms with Gasteiger partial charge in [-0.25, -0.2) is 17.5 Å². The number of nitrogens with zero attached hydrogens (tertiary/aromatic N) is 3. The van der Waals surface area contributed by atoms with Crippen molar-refractivity contribution in [2.45, 2.75) is 51.7 Å². The highest BCUT2D eigenvalue weighted by atomic mass is 32.2. The molecule has 3 N–H and O–H groups in total. The average Bonchev–Trinajstić information content (AvgIpc) is 3.24. The minimum absolute atomic E-state index is 0.0688. The number of carboxylic acid groups (broad SMARTS) is 1. The van der Waals surface area contributed by atoms with Crippen molar-refractivity contribution in [2.24, 2.45) is 0 Å². The second-order valence-electron chi connectivity index (χ2n) is 7.79. The maximum absolute atomic E-state index is 13.2. The Hall–Kier alpha value is -3.61. The van der Waals surface area contributed by atoms with Crippen LogP contribution in [0.4, 0.5) is 4.39 Å². The molecule has 190 valence electrons. The fourth-order valence-electron chi connectivity index (χ4n) is 2.96. The molecule has 1 aromatic carbocycles. The van der Waals surface area contributed by atoms with E-state index in [0.717, 1.165) is 29.0 Å². The zero-order valence-electron chi connectivity index (χ0n) is 19.2. The molecule has 0 aliphatic heterocycles. The molecule has 0 bridgehead atoms. The van der Waals surface area contributed by atoms with Crippen molar-refractivity contribution in [1.29, 1.82) is 0 Å². The monoisotopic (exact) mass is 509 g/mol.